The molecule has 1 aliphatic heterocycles. The van der Waals surface area contributed by atoms with Gasteiger partial charge in [0.2, 0.25) is 0 Å². The average Bonchev–Trinajstić information content (AvgIpc) is 2.94. The number of carbonyl (C=O) groups excluding carboxylic acids is 1. The summed E-state index contributed by atoms with van der Waals surface area (Å²) in [6.45, 7) is 3.06. The minimum absolute atomic E-state index is 0.179. The molecule has 3 rings (SSSR count). The second kappa shape index (κ2) is 5.96. The van der Waals surface area contributed by atoms with E-state index in [0.29, 0.717) is 5.92 Å². The normalized spacial score (nSPS) is 18.9. The first-order chi connectivity index (χ1) is 9.74. The quantitative estimate of drug-likeness (QED) is 0.915. The number of fused-ring (bicyclic) bond motifs is 1. The largest absolute Gasteiger partial charge is 0.341 e. The van der Waals surface area contributed by atoms with Gasteiger partial charge in [-0.3, -0.25) is 4.79 Å². The van der Waals surface area contributed by atoms with E-state index in [9.17, 15) is 4.79 Å². The zero-order chi connectivity index (χ0) is 13.9. The summed E-state index contributed by atoms with van der Waals surface area (Å²) in [5.74, 6) is 0.831. The number of aryl methyl sites for hydroxylation is 2. The van der Waals surface area contributed by atoms with E-state index in [-0.39, 0.29) is 5.91 Å². The Kier molecular flexibility index (Phi) is 4.06. The molecule has 3 nitrogen and oxygen atoms in total. The van der Waals surface area contributed by atoms with Gasteiger partial charge >= 0.3 is 0 Å². The Bertz CT molecular complexity index is 492. The summed E-state index contributed by atoms with van der Waals surface area (Å²) in [6.07, 6.45) is 5.91. The molecule has 0 spiro atoms. The number of hydrogen-bond donors (Lipinski definition) is 1. The van der Waals surface area contributed by atoms with E-state index in [2.05, 4.69) is 17.4 Å². The van der Waals surface area contributed by atoms with Crippen LogP contribution in [0.4, 0.5) is 0 Å². The summed E-state index contributed by atoms with van der Waals surface area (Å²) in [5.41, 5.74) is 3.68. The van der Waals surface area contributed by atoms with Crippen molar-refractivity contribution in [2.24, 2.45) is 5.92 Å². The first-order valence-corrected chi connectivity index (χ1v) is 7.82. The second-order valence-corrected chi connectivity index (χ2v) is 6.22. The van der Waals surface area contributed by atoms with Crippen LogP contribution in [0.3, 0.4) is 0 Å². The van der Waals surface area contributed by atoms with Crippen LogP contribution in [-0.4, -0.2) is 37.5 Å². The number of rotatable bonds is 3. The van der Waals surface area contributed by atoms with E-state index in [4.69, 9.17) is 0 Å². The summed E-state index contributed by atoms with van der Waals surface area (Å²) in [5, 5.41) is 3.37. The molecule has 0 bridgehead atoms. The van der Waals surface area contributed by atoms with Gasteiger partial charge in [-0.25, -0.2) is 0 Å². The average molecular weight is 272 g/mol. The van der Waals surface area contributed by atoms with Crippen LogP contribution in [-0.2, 0) is 12.8 Å². The fourth-order valence-corrected chi connectivity index (χ4v) is 3.46. The van der Waals surface area contributed by atoms with Crippen molar-refractivity contribution < 1.29 is 4.79 Å². The molecule has 2 aliphatic rings. The van der Waals surface area contributed by atoms with E-state index >= 15 is 0 Å². The van der Waals surface area contributed by atoms with E-state index in [1.54, 1.807) is 0 Å². The predicted molar refractivity (Wildman–Crippen MR) is 81.0 cm³/mol. The fraction of sp³-hybridized carbons (Fsp3) is 0.588. The van der Waals surface area contributed by atoms with Gasteiger partial charge in [0.05, 0.1) is 0 Å². The van der Waals surface area contributed by atoms with Crippen molar-refractivity contribution in [2.75, 3.05) is 26.7 Å². The topological polar surface area (TPSA) is 32.3 Å². The third-order valence-corrected chi connectivity index (χ3v) is 4.68. The number of hydrogen-bond acceptors (Lipinski definition) is 2. The SMILES string of the molecule is CN(CC1CCNCC1)C(=O)c1ccc2c(c1)CCC2. The van der Waals surface area contributed by atoms with Crippen LogP contribution in [0.15, 0.2) is 18.2 Å². The van der Waals surface area contributed by atoms with E-state index in [1.807, 2.05) is 18.0 Å². The van der Waals surface area contributed by atoms with Crippen LogP contribution in [0.2, 0.25) is 0 Å². The van der Waals surface area contributed by atoms with Crippen LogP contribution in [0, 0.1) is 5.92 Å². The maximum atomic E-state index is 12.5. The molecule has 1 N–H and O–H groups in total. The number of nitrogens with zero attached hydrogens (tertiary/aromatic N) is 1. The first-order valence-electron chi connectivity index (χ1n) is 7.82. The van der Waals surface area contributed by atoms with Crippen molar-refractivity contribution in [3.8, 4) is 0 Å². The highest BCUT2D eigenvalue weighted by molar-refractivity contribution is 5.94. The summed E-state index contributed by atoms with van der Waals surface area (Å²) < 4.78 is 0. The molecule has 20 heavy (non-hydrogen) atoms. The molecule has 1 heterocycles. The van der Waals surface area contributed by atoms with E-state index in [0.717, 1.165) is 31.6 Å². The summed E-state index contributed by atoms with van der Waals surface area (Å²) >= 11 is 0. The Morgan fingerprint density at radius 2 is 2.00 bits per heavy atom. The Morgan fingerprint density at radius 1 is 1.25 bits per heavy atom. The number of benzene rings is 1. The molecule has 1 amide bonds. The van der Waals surface area contributed by atoms with Crippen LogP contribution >= 0.6 is 0 Å². The van der Waals surface area contributed by atoms with Crippen molar-refractivity contribution in [2.45, 2.75) is 32.1 Å². The Hall–Kier alpha value is -1.35. The predicted octanol–water partition coefficient (Wildman–Crippen LogP) is 2.25. The van der Waals surface area contributed by atoms with Crippen LogP contribution < -0.4 is 5.32 Å². The maximum absolute atomic E-state index is 12.5. The maximum Gasteiger partial charge on any atom is 0.253 e. The zero-order valence-electron chi connectivity index (χ0n) is 12.3. The van der Waals surface area contributed by atoms with Gasteiger partial charge in [-0.15, -0.1) is 0 Å². The van der Waals surface area contributed by atoms with E-state index < -0.39 is 0 Å². The lowest BCUT2D eigenvalue weighted by Crippen LogP contribution is -2.37. The minimum Gasteiger partial charge on any atom is -0.341 e. The van der Waals surface area contributed by atoms with Crippen molar-refractivity contribution in [3.63, 3.8) is 0 Å². The standard InChI is InChI=1S/C17H24N2O/c1-19(12-13-7-9-18-10-8-13)17(20)16-6-5-14-3-2-4-15(14)11-16/h5-6,11,13,18H,2-4,7-10,12H2,1H3. The molecule has 1 aliphatic carbocycles. The second-order valence-electron chi connectivity index (χ2n) is 6.22. The third kappa shape index (κ3) is 2.88. The van der Waals surface area contributed by atoms with Gasteiger partial charge in [0.15, 0.2) is 0 Å². The van der Waals surface area contributed by atoms with Crippen molar-refractivity contribution in [3.05, 3.63) is 34.9 Å². The Labute approximate surface area is 121 Å². The van der Waals surface area contributed by atoms with Gasteiger partial charge in [0, 0.05) is 19.2 Å². The van der Waals surface area contributed by atoms with Crippen molar-refractivity contribution in [1.29, 1.82) is 0 Å². The smallest absolute Gasteiger partial charge is 0.253 e. The number of amides is 1. The van der Waals surface area contributed by atoms with Gasteiger partial charge in [0.1, 0.15) is 0 Å². The Balaban J connectivity index is 1.65. The number of carbonyl (C=O) groups is 1. The van der Waals surface area contributed by atoms with Gasteiger partial charge in [-0.2, -0.15) is 0 Å². The van der Waals surface area contributed by atoms with Crippen molar-refractivity contribution in [1.82, 2.24) is 10.2 Å². The van der Waals surface area contributed by atoms with Gasteiger partial charge in [-0.05, 0) is 74.4 Å². The highest BCUT2D eigenvalue weighted by Gasteiger charge is 2.20. The minimum atomic E-state index is 0.179. The summed E-state index contributed by atoms with van der Waals surface area (Å²) in [6, 6.07) is 6.27. The zero-order valence-corrected chi connectivity index (χ0v) is 12.3. The lowest BCUT2D eigenvalue weighted by atomic mass is 9.97. The molecule has 108 valence electrons. The van der Waals surface area contributed by atoms with Crippen LogP contribution in [0.1, 0.15) is 40.7 Å². The first kappa shape index (κ1) is 13.6. The molecule has 1 fully saturated rings. The molecule has 0 unspecified atom stereocenters. The fourth-order valence-electron chi connectivity index (χ4n) is 3.46. The molecule has 0 atom stereocenters. The third-order valence-electron chi connectivity index (χ3n) is 4.68. The molecule has 1 saturated heterocycles. The van der Waals surface area contributed by atoms with Gasteiger partial charge < -0.3 is 10.2 Å². The van der Waals surface area contributed by atoms with Crippen LogP contribution in [0.25, 0.3) is 0 Å². The highest BCUT2D eigenvalue weighted by atomic mass is 16.2. The molecule has 0 saturated carbocycles. The highest BCUT2D eigenvalue weighted by Crippen LogP contribution is 2.23. The molecule has 0 aromatic heterocycles. The lowest BCUT2D eigenvalue weighted by Gasteiger charge is -2.27. The molecule has 0 radical (unpaired) electrons. The van der Waals surface area contributed by atoms with Gasteiger partial charge in [-0.1, -0.05) is 6.07 Å². The lowest BCUT2D eigenvalue weighted by molar-refractivity contribution is 0.0762. The molecule has 1 aromatic carbocycles. The molecular formula is C17H24N2O. The molecule has 1 aromatic rings. The number of nitrogens with one attached hydrogen (secondary N) is 1. The van der Waals surface area contributed by atoms with Crippen molar-refractivity contribution >= 4 is 5.91 Å². The summed E-state index contributed by atoms with van der Waals surface area (Å²) in [7, 11) is 1.94. The van der Waals surface area contributed by atoms with Crippen LogP contribution in [0.5, 0.6) is 0 Å². The number of piperidine rings is 1. The summed E-state index contributed by atoms with van der Waals surface area (Å²) in [4.78, 5) is 14.4. The van der Waals surface area contributed by atoms with E-state index in [1.165, 1.54) is 36.8 Å². The Morgan fingerprint density at radius 3 is 2.80 bits per heavy atom. The monoisotopic (exact) mass is 272 g/mol. The van der Waals surface area contributed by atoms with Gasteiger partial charge in [0.25, 0.3) is 5.91 Å². The molecular weight excluding hydrogens is 248 g/mol. The molecule has 3 heteroatoms.